The minimum absolute atomic E-state index is 0.673. The smallest absolute Gasteiger partial charge is 0.235 e. The Bertz CT molecular complexity index is 3100. The van der Waals surface area contributed by atoms with Crippen LogP contribution in [-0.4, -0.2) is 19.1 Å². The molecule has 0 amide bonds. The molecule has 0 atom stereocenters. The van der Waals surface area contributed by atoms with Crippen LogP contribution in [0.25, 0.3) is 97.6 Å². The largest absolute Gasteiger partial charge is 0.309 e. The van der Waals surface area contributed by atoms with E-state index in [1.165, 1.54) is 47.9 Å². The van der Waals surface area contributed by atoms with Crippen molar-refractivity contribution in [2.45, 2.75) is 0 Å². The molecule has 4 heterocycles. The maximum absolute atomic E-state index is 5.50. The van der Waals surface area contributed by atoms with Crippen molar-refractivity contribution in [1.82, 2.24) is 19.1 Å². The molecule has 0 radical (unpaired) electrons. The monoisotopic (exact) mass is 642 g/mol. The minimum atomic E-state index is 0.673. The fourth-order valence-electron chi connectivity index (χ4n) is 7.79. The molecule has 7 aromatic carbocycles. The van der Waals surface area contributed by atoms with Crippen LogP contribution in [0.15, 0.2) is 158 Å². The second-order valence-corrected chi connectivity index (χ2v) is 13.7. The molecule has 11 aromatic rings. The summed E-state index contributed by atoms with van der Waals surface area (Å²) in [6, 6.07) is 56.3. The molecule has 0 saturated carbocycles. The Balaban J connectivity index is 1.31. The van der Waals surface area contributed by atoms with E-state index in [0.29, 0.717) is 5.95 Å². The van der Waals surface area contributed by atoms with Crippen LogP contribution in [0.3, 0.4) is 0 Å². The number of benzene rings is 7. The third kappa shape index (κ3) is 3.79. The lowest BCUT2D eigenvalue weighted by molar-refractivity contribution is 1.02. The van der Waals surface area contributed by atoms with Crippen molar-refractivity contribution in [2.75, 3.05) is 0 Å². The Morgan fingerprint density at radius 3 is 1.82 bits per heavy atom. The molecular weight excluding hydrogens is 617 g/mol. The summed E-state index contributed by atoms with van der Waals surface area (Å²) in [5, 5.41) is 8.44. The van der Waals surface area contributed by atoms with Gasteiger partial charge in [-0.2, -0.15) is 0 Å². The van der Waals surface area contributed by atoms with Crippen molar-refractivity contribution in [2.24, 2.45) is 0 Å². The number of aromatic nitrogens is 4. The number of hydrogen-bond acceptors (Lipinski definition) is 3. The van der Waals surface area contributed by atoms with Crippen LogP contribution in [-0.2, 0) is 0 Å². The lowest BCUT2D eigenvalue weighted by atomic mass is 10.1. The molecule has 5 heteroatoms. The van der Waals surface area contributed by atoms with E-state index in [0.717, 1.165) is 43.7 Å². The topological polar surface area (TPSA) is 35.6 Å². The quantitative estimate of drug-likeness (QED) is 0.192. The van der Waals surface area contributed by atoms with E-state index in [2.05, 4.69) is 167 Å². The highest BCUT2D eigenvalue weighted by Crippen LogP contribution is 2.43. The lowest BCUT2D eigenvalue weighted by Crippen LogP contribution is -2.03. The Kier molecular flexibility index (Phi) is 5.51. The summed E-state index contributed by atoms with van der Waals surface area (Å²) in [5.41, 5.74) is 8.67. The van der Waals surface area contributed by atoms with Crippen LogP contribution < -0.4 is 0 Å². The van der Waals surface area contributed by atoms with Crippen molar-refractivity contribution in [3.8, 4) is 22.9 Å². The molecule has 228 valence electrons. The molecule has 0 aliphatic heterocycles. The van der Waals surface area contributed by atoms with Crippen molar-refractivity contribution in [3.63, 3.8) is 0 Å². The van der Waals surface area contributed by atoms with Crippen molar-refractivity contribution in [3.05, 3.63) is 158 Å². The van der Waals surface area contributed by atoms with Crippen LogP contribution in [0.5, 0.6) is 0 Å². The Morgan fingerprint density at radius 1 is 0.449 bits per heavy atom. The SMILES string of the molecule is c1ccc(-c2nc(-n3c4ccccc4c4cc5c6ccccc6n(-c6ccccc6)c5cc43)nc3c2sc2ccc4ccccc4c23)cc1. The van der Waals surface area contributed by atoms with Crippen LogP contribution in [0.1, 0.15) is 0 Å². The van der Waals surface area contributed by atoms with E-state index in [-0.39, 0.29) is 0 Å². The Morgan fingerprint density at radius 2 is 1.06 bits per heavy atom. The highest BCUT2D eigenvalue weighted by atomic mass is 32.1. The van der Waals surface area contributed by atoms with E-state index in [9.17, 15) is 0 Å². The number of fused-ring (bicyclic) bond motifs is 11. The average Bonchev–Trinajstić information content (AvgIpc) is 3.82. The van der Waals surface area contributed by atoms with Gasteiger partial charge in [-0.1, -0.05) is 115 Å². The van der Waals surface area contributed by atoms with Gasteiger partial charge < -0.3 is 4.57 Å². The van der Waals surface area contributed by atoms with E-state index in [4.69, 9.17) is 9.97 Å². The van der Waals surface area contributed by atoms with Gasteiger partial charge in [-0.25, -0.2) is 9.97 Å². The first-order chi connectivity index (χ1) is 24.3. The van der Waals surface area contributed by atoms with Gasteiger partial charge in [0.2, 0.25) is 5.95 Å². The highest BCUT2D eigenvalue weighted by Gasteiger charge is 2.22. The number of rotatable bonds is 3. The molecule has 0 bridgehead atoms. The predicted octanol–water partition coefficient (Wildman–Crippen LogP) is 11.9. The fourth-order valence-corrected chi connectivity index (χ4v) is 8.96. The van der Waals surface area contributed by atoms with Gasteiger partial charge in [0.05, 0.1) is 38.0 Å². The Labute approximate surface area is 284 Å². The third-order valence-corrected chi connectivity index (χ3v) is 11.1. The zero-order chi connectivity index (χ0) is 32.1. The second-order valence-electron chi connectivity index (χ2n) is 12.6. The molecule has 11 rings (SSSR count). The van der Waals surface area contributed by atoms with Gasteiger partial charge in [0.1, 0.15) is 0 Å². The highest BCUT2D eigenvalue weighted by molar-refractivity contribution is 7.26. The van der Waals surface area contributed by atoms with Gasteiger partial charge in [0, 0.05) is 42.9 Å². The van der Waals surface area contributed by atoms with Gasteiger partial charge in [-0.3, -0.25) is 4.57 Å². The number of hydrogen-bond donors (Lipinski definition) is 0. The first-order valence-corrected chi connectivity index (χ1v) is 17.3. The molecule has 0 saturated heterocycles. The zero-order valence-electron chi connectivity index (χ0n) is 26.2. The fraction of sp³-hybridized carbons (Fsp3) is 0. The van der Waals surface area contributed by atoms with Crippen molar-refractivity contribution in [1.29, 1.82) is 0 Å². The molecule has 49 heavy (non-hydrogen) atoms. The number of thiophene rings is 1. The summed E-state index contributed by atoms with van der Waals surface area (Å²) >= 11 is 1.78. The van der Waals surface area contributed by atoms with E-state index in [1.54, 1.807) is 11.3 Å². The maximum atomic E-state index is 5.50. The molecule has 0 aliphatic rings. The maximum Gasteiger partial charge on any atom is 0.235 e. The molecule has 0 spiro atoms. The summed E-state index contributed by atoms with van der Waals surface area (Å²) in [6.45, 7) is 0. The van der Waals surface area contributed by atoms with Crippen LogP contribution in [0.2, 0.25) is 0 Å². The zero-order valence-corrected chi connectivity index (χ0v) is 27.0. The molecule has 0 fully saturated rings. The van der Waals surface area contributed by atoms with Crippen LogP contribution in [0, 0.1) is 0 Å². The average molecular weight is 643 g/mol. The Hall–Kier alpha value is -6.30. The van der Waals surface area contributed by atoms with Crippen molar-refractivity contribution >= 4 is 86.0 Å². The van der Waals surface area contributed by atoms with Gasteiger partial charge in [-0.05, 0) is 53.2 Å². The summed E-state index contributed by atoms with van der Waals surface area (Å²) in [5.74, 6) is 0.673. The van der Waals surface area contributed by atoms with Gasteiger partial charge in [0.15, 0.2) is 0 Å². The van der Waals surface area contributed by atoms with Crippen molar-refractivity contribution < 1.29 is 0 Å². The predicted molar refractivity (Wildman–Crippen MR) is 207 cm³/mol. The normalized spacial score (nSPS) is 12.1. The molecule has 4 nitrogen and oxygen atoms in total. The standard InChI is InChI=1S/C44H26N4S/c1-3-14-28(15-4-1)41-43-42(40-30-18-8-7-13-27(30)23-24-39(40)49-43)46-44(45-41)48-36-22-12-10-20-32(36)34-25-33-31-19-9-11-21-35(31)47(37(33)26-38(34)48)29-16-5-2-6-17-29/h1-26H. The first kappa shape index (κ1) is 26.7. The number of nitrogens with zero attached hydrogens (tertiary/aromatic N) is 4. The lowest BCUT2D eigenvalue weighted by Gasteiger charge is -2.11. The molecular formula is C44H26N4S. The van der Waals surface area contributed by atoms with Crippen LogP contribution >= 0.6 is 11.3 Å². The summed E-state index contributed by atoms with van der Waals surface area (Å²) in [6.07, 6.45) is 0. The summed E-state index contributed by atoms with van der Waals surface area (Å²) < 4.78 is 6.98. The second kappa shape index (κ2) is 10.1. The summed E-state index contributed by atoms with van der Waals surface area (Å²) in [4.78, 5) is 10.9. The first-order valence-electron chi connectivity index (χ1n) is 16.5. The van der Waals surface area contributed by atoms with Crippen LogP contribution in [0.4, 0.5) is 0 Å². The third-order valence-electron chi connectivity index (χ3n) is 9.92. The van der Waals surface area contributed by atoms with Gasteiger partial charge >= 0.3 is 0 Å². The molecule has 0 unspecified atom stereocenters. The van der Waals surface area contributed by atoms with E-state index >= 15 is 0 Å². The van der Waals surface area contributed by atoms with Gasteiger partial charge in [-0.15, -0.1) is 11.3 Å². The summed E-state index contributed by atoms with van der Waals surface area (Å²) in [7, 11) is 0. The molecule has 4 aromatic heterocycles. The van der Waals surface area contributed by atoms with E-state index in [1.807, 2.05) is 0 Å². The molecule has 0 N–H and O–H groups in total. The van der Waals surface area contributed by atoms with E-state index < -0.39 is 0 Å². The minimum Gasteiger partial charge on any atom is -0.309 e. The van der Waals surface area contributed by atoms with Gasteiger partial charge in [0.25, 0.3) is 0 Å². The molecule has 0 aliphatic carbocycles. The number of para-hydroxylation sites is 3.